The molecule has 0 atom stereocenters. The Morgan fingerprint density at radius 2 is 2.00 bits per heavy atom. The quantitative estimate of drug-likeness (QED) is 0.495. The van der Waals surface area contributed by atoms with E-state index in [4.69, 9.17) is 4.74 Å². The molecule has 112 valence electrons. The van der Waals surface area contributed by atoms with Crippen molar-refractivity contribution >= 4 is 33.2 Å². The molecule has 0 spiro atoms. The molecule has 0 saturated heterocycles. The molecule has 2 aromatic carbocycles. The summed E-state index contributed by atoms with van der Waals surface area (Å²) >= 11 is 1.53. The van der Waals surface area contributed by atoms with Crippen molar-refractivity contribution in [1.29, 1.82) is 5.26 Å². The van der Waals surface area contributed by atoms with Crippen LogP contribution in [0.1, 0.15) is 10.6 Å². The molecule has 23 heavy (non-hydrogen) atoms. The second-order valence-corrected chi connectivity index (χ2v) is 5.86. The van der Waals surface area contributed by atoms with E-state index in [1.54, 1.807) is 6.08 Å². The van der Waals surface area contributed by atoms with Crippen LogP contribution in [-0.4, -0.2) is 11.6 Å². The van der Waals surface area contributed by atoms with Crippen molar-refractivity contribution in [1.82, 2.24) is 4.98 Å². The number of hydrogen-bond acceptors (Lipinski definition) is 4. The Morgan fingerprint density at radius 3 is 2.70 bits per heavy atom. The summed E-state index contributed by atoms with van der Waals surface area (Å²) in [4.78, 5) is 4.53. The average Bonchev–Trinajstić information content (AvgIpc) is 3.02. The maximum atomic E-state index is 9.45. The first-order valence-electron chi connectivity index (χ1n) is 7.11. The first-order valence-corrected chi connectivity index (χ1v) is 7.93. The number of allylic oxidation sites excluding steroid dienone is 1. The first-order chi connectivity index (χ1) is 11.3. The Kier molecular flexibility index (Phi) is 4.51. The second kappa shape index (κ2) is 6.91. The predicted octanol–water partition coefficient (Wildman–Crippen LogP) is 4.93. The van der Waals surface area contributed by atoms with Crippen molar-refractivity contribution < 1.29 is 4.74 Å². The smallest absolute Gasteiger partial charge is 0.135 e. The van der Waals surface area contributed by atoms with Crippen LogP contribution >= 0.6 is 11.3 Å². The molecule has 0 aliphatic rings. The maximum absolute atomic E-state index is 9.45. The van der Waals surface area contributed by atoms with E-state index < -0.39 is 0 Å². The van der Waals surface area contributed by atoms with Gasteiger partial charge in [0, 0.05) is 0 Å². The third kappa shape index (κ3) is 3.47. The summed E-state index contributed by atoms with van der Waals surface area (Å²) < 4.78 is 6.53. The molecular weight excluding hydrogens is 304 g/mol. The number of hydrogen-bond donors (Lipinski definition) is 0. The van der Waals surface area contributed by atoms with E-state index >= 15 is 0 Å². The standard InChI is InChI=1S/C19H14N2OS/c1-2-11-22-16-9-7-14(8-10-16)12-15(13-20)19-21-17-5-3-4-6-18(17)23-19/h2-10,12H,1,11H2/b15-12-. The molecule has 0 N–H and O–H groups in total. The number of ether oxygens (including phenoxy) is 1. The number of para-hydroxylation sites is 1. The number of rotatable bonds is 5. The van der Waals surface area contributed by atoms with Gasteiger partial charge >= 0.3 is 0 Å². The number of fused-ring (bicyclic) bond motifs is 1. The highest BCUT2D eigenvalue weighted by atomic mass is 32.1. The summed E-state index contributed by atoms with van der Waals surface area (Å²) in [6.07, 6.45) is 3.55. The molecule has 0 amide bonds. The highest BCUT2D eigenvalue weighted by Gasteiger charge is 2.08. The van der Waals surface area contributed by atoms with E-state index in [0.717, 1.165) is 26.5 Å². The molecule has 0 aliphatic carbocycles. The fraction of sp³-hybridized carbons (Fsp3) is 0.0526. The van der Waals surface area contributed by atoms with Crippen molar-refractivity contribution in [2.45, 2.75) is 0 Å². The van der Waals surface area contributed by atoms with Crippen molar-refractivity contribution in [2.24, 2.45) is 0 Å². The Labute approximate surface area is 138 Å². The SMILES string of the molecule is C=CCOc1ccc(/C=C(/C#N)c2nc3ccccc3s2)cc1. The lowest BCUT2D eigenvalue weighted by Gasteiger charge is -2.03. The van der Waals surface area contributed by atoms with E-state index in [-0.39, 0.29) is 0 Å². The van der Waals surface area contributed by atoms with Crippen LogP contribution in [0.4, 0.5) is 0 Å². The van der Waals surface area contributed by atoms with E-state index in [1.807, 2.05) is 54.6 Å². The molecule has 0 unspecified atom stereocenters. The molecular formula is C19H14N2OS. The molecule has 0 radical (unpaired) electrons. The van der Waals surface area contributed by atoms with Gasteiger partial charge < -0.3 is 4.74 Å². The lowest BCUT2D eigenvalue weighted by molar-refractivity contribution is 0.363. The van der Waals surface area contributed by atoms with Gasteiger partial charge in [-0.3, -0.25) is 0 Å². The van der Waals surface area contributed by atoms with Crippen molar-refractivity contribution in [3.05, 3.63) is 71.8 Å². The van der Waals surface area contributed by atoms with Gasteiger partial charge in [-0.25, -0.2) is 4.98 Å². The normalized spacial score (nSPS) is 11.2. The zero-order chi connectivity index (χ0) is 16.1. The topological polar surface area (TPSA) is 45.9 Å². The average molecular weight is 318 g/mol. The lowest BCUT2D eigenvalue weighted by Crippen LogP contribution is -1.92. The van der Waals surface area contributed by atoms with Crippen LogP contribution in [0, 0.1) is 11.3 Å². The van der Waals surface area contributed by atoms with Crippen LogP contribution in [-0.2, 0) is 0 Å². The Morgan fingerprint density at radius 1 is 1.22 bits per heavy atom. The van der Waals surface area contributed by atoms with E-state index in [0.29, 0.717) is 12.2 Å². The summed E-state index contributed by atoms with van der Waals surface area (Å²) in [6, 6.07) is 17.7. The summed E-state index contributed by atoms with van der Waals surface area (Å²) in [5.74, 6) is 0.778. The van der Waals surface area contributed by atoms with Gasteiger partial charge in [0.1, 0.15) is 23.4 Å². The largest absolute Gasteiger partial charge is 0.490 e. The van der Waals surface area contributed by atoms with E-state index in [2.05, 4.69) is 17.6 Å². The molecule has 3 rings (SSSR count). The van der Waals surface area contributed by atoms with Gasteiger partial charge in [0.2, 0.25) is 0 Å². The van der Waals surface area contributed by atoms with Crippen LogP contribution in [0.25, 0.3) is 21.9 Å². The molecule has 1 aromatic heterocycles. The highest BCUT2D eigenvalue weighted by molar-refractivity contribution is 7.19. The van der Waals surface area contributed by atoms with E-state index in [1.165, 1.54) is 11.3 Å². The summed E-state index contributed by atoms with van der Waals surface area (Å²) in [5, 5.41) is 10.2. The molecule has 4 heteroatoms. The molecule has 0 aliphatic heterocycles. The van der Waals surface area contributed by atoms with Gasteiger partial charge in [-0.1, -0.05) is 36.9 Å². The van der Waals surface area contributed by atoms with E-state index in [9.17, 15) is 5.26 Å². The van der Waals surface area contributed by atoms with Gasteiger partial charge in [-0.05, 0) is 35.9 Å². The van der Waals surface area contributed by atoms with Crippen molar-refractivity contribution in [2.75, 3.05) is 6.61 Å². The second-order valence-electron chi connectivity index (χ2n) is 4.83. The number of nitriles is 1. The minimum absolute atomic E-state index is 0.477. The van der Waals surface area contributed by atoms with Crippen LogP contribution in [0.5, 0.6) is 5.75 Å². The summed E-state index contributed by atoms with van der Waals surface area (Å²) in [5.41, 5.74) is 2.42. The van der Waals surface area contributed by atoms with Gasteiger partial charge in [0.25, 0.3) is 0 Å². The van der Waals surface area contributed by atoms with Crippen molar-refractivity contribution in [3.8, 4) is 11.8 Å². The highest BCUT2D eigenvalue weighted by Crippen LogP contribution is 2.28. The van der Waals surface area contributed by atoms with Gasteiger partial charge in [-0.15, -0.1) is 11.3 Å². The third-order valence-electron chi connectivity index (χ3n) is 3.20. The molecule has 0 fully saturated rings. The van der Waals surface area contributed by atoms with Crippen LogP contribution < -0.4 is 4.74 Å². The number of nitrogens with zero attached hydrogens (tertiary/aromatic N) is 2. The van der Waals surface area contributed by atoms with Gasteiger partial charge in [-0.2, -0.15) is 5.26 Å². The zero-order valence-electron chi connectivity index (χ0n) is 12.4. The lowest BCUT2D eigenvalue weighted by atomic mass is 10.1. The summed E-state index contributed by atoms with van der Waals surface area (Å²) in [6.45, 7) is 4.10. The molecule has 0 bridgehead atoms. The number of aromatic nitrogens is 1. The number of thiazole rings is 1. The minimum atomic E-state index is 0.477. The third-order valence-corrected chi connectivity index (χ3v) is 4.27. The van der Waals surface area contributed by atoms with Crippen LogP contribution in [0.2, 0.25) is 0 Å². The molecule has 3 nitrogen and oxygen atoms in total. The minimum Gasteiger partial charge on any atom is -0.490 e. The summed E-state index contributed by atoms with van der Waals surface area (Å²) in [7, 11) is 0. The maximum Gasteiger partial charge on any atom is 0.135 e. The Hall–Kier alpha value is -2.90. The monoisotopic (exact) mass is 318 g/mol. The van der Waals surface area contributed by atoms with Gasteiger partial charge in [0.15, 0.2) is 0 Å². The first kappa shape index (κ1) is 15.0. The fourth-order valence-corrected chi connectivity index (χ4v) is 3.04. The Bertz CT molecular complexity index is 868. The Balaban J connectivity index is 1.89. The van der Waals surface area contributed by atoms with Crippen LogP contribution in [0.3, 0.4) is 0 Å². The molecule has 1 heterocycles. The predicted molar refractivity (Wildman–Crippen MR) is 95.2 cm³/mol. The van der Waals surface area contributed by atoms with Crippen molar-refractivity contribution in [3.63, 3.8) is 0 Å². The van der Waals surface area contributed by atoms with Crippen LogP contribution in [0.15, 0.2) is 61.2 Å². The zero-order valence-corrected chi connectivity index (χ0v) is 13.2. The fourth-order valence-electron chi connectivity index (χ4n) is 2.11. The molecule has 3 aromatic rings. The number of benzene rings is 2. The van der Waals surface area contributed by atoms with Gasteiger partial charge in [0.05, 0.1) is 15.8 Å². The molecule has 0 saturated carbocycles.